The van der Waals surface area contributed by atoms with Gasteiger partial charge in [0, 0.05) is 19.3 Å². The van der Waals surface area contributed by atoms with Crippen molar-refractivity contribution in [1.82, 2.24) is 0 Å². The molecule has 0 spiro atoms. The summed E-state index contributed by atoms with van der Waals surface area (Å²) in [6.45, 7) is 1.50. The van der Waals surface area contributed by atoms with E-state index in [2.05, 4.69) is 0 Å². The van der Waals surface area contributed by atoms with Crippen molar-refractivity contribution in [2.24, 2.45) is 0 Å². The SMILES string of the molecule is CC(O)CC(O)C(O)CC(O)CC=O. The molecule has 0 amide bonds. The molecule has 0 aliphatic carbocycles. The minimum Gasteiger partial charge on any atom is -0.393 e. The van der Waals surface area contributed by atoms with Crippen LogP contribution in [-0.2, 0) is 4.79 Å². The Morgan fingerprint density at radius 3 is 2.00 bits per heavy atom. The number of aliphatic hydroxyl groups is 4. The number of carbonyl (C=O) groups is 1. The second-order valence-corrected chi connectivity index (χ2v) is 3.51. The van der Waals surface area contributed by atoms with Gasteiger partial charge in [-0.1, -0.05) is 0 Å². The number of aliphatic hydroxyl groups excluding tert-OH is 4. The van der Waals surface area contributed by atoms with Crippen molar-refractivity contribution in [2.75, 3.05) is 0 Å². The van der Waals surface area contributed by atoms with Gasteiger partial charge in [-0.2, -0.15) is 0 Å². The van der Waals surface area contributed by atoms with E-state index in [-0.39, 0.29) is 19.3 Å². The summed E-state index contributed by atoms with van der Waals surface area (Å²) in [5.74, 6) is 0. The molecule has 0 aromatic rings. The first kappa shape index (κ1) is 13.5. The first-order valence-electron chi connectivity index (χ1n) is 4.63. The van der Waals surface area contributed by atoms with Crippen LogP contribution in [-0.4, -0.2) is 51.1 Å². The summed E-state index contributed by atoms with van der Waals surface area (Å²) in [5, 5.41) is 36.7. The molecule has 0 bridgehead atoms. The van der Waals surface area contributed by atoms with Gasteiger partial charge in [0.2, 0.25) is 0 Å². The second-order valence-electron chi connectivity index (χ2n) is 3.51. The quantitative estimate of drug-likeness (QED) is 0.393. The minimum atomic E-state index is -1.11. The molecule has 0 aliphatic rings. The predicted octanol–water partition coefficient (Wildman–Crippen LogP) is -1.18. The molecule has 5 nitrogen and oxygen atoms in total. The van der Waals surface area contributed by atoms with Crippen LogP contribution >= 0.6 is 0 Å². The summed E-state index contributed by atoms with van der Waals surface area (Å²) in [7, 11) is 0. The zero-order valence-electron chi connectivity index (χ0n) is 8.21. The summed E-state index contributed by atoms with van der Waals surface area (Å²) in [6, 6.07) is 0. The van der Waals surface area contributed by atoms with E-state index in [0.717, 1.165) is 0 Å². The van der Waals surface area contributed by atoms with E-state index in [1.54, 1.807) is 0 Å². The maximum atomic E-state index is 10.0. The van der Waals surface area contributed by atoms with Gasteiger partial charge >= 0.3 is 0 Å². The van der Waals surface area contributed by atoms with E-state index in [4.69, 9.17) is 10.2 Å². The van der Waals surface area contributed by atoms with Gasteiger partial charge in [-0.25, -0.2) is 0 Å². The Morgan fingerprint density at radius 2 is 1.57 bits per heavy atom. The average Bonchev–Trinajstić information content (AvgIpc) is 2.02. The summed E-state index contributed by atoms with van der Waals surface area (Å²) < 4.78 is 0. The van der Waals surface area contributed by atoms with Gasteiger partial charge < -0.3 is 25.2 Å². The van der Waals surface area contributed by atoms with E-state index in [1.165, 1.54) is 6.92 Å². The van der Waals surface area contributed by atoms with E-state index in [9.17, 15) is 15.0 Å². The molecule has 14 heavy (non-hydrogen) atoms. The molecule has 0 heterocycles. The van der Waals surface area contributed by atoms with Gasteiger partial charge in [0.15, 0.2) is 0 Å². The highest BCUT2D eigenvalue weighted by molar-refractivity contribution is 5.49. The minimum absolute atomic E-state index is 0.0506. The van der Waals surface area contributed by atoms with Crippen LogP contribution in [0.2, 0.25) is 0 Å². The van der Waals surface area contributed by atoms with Gasteiger partial charge in [-0.3, -0.25) is 0 Å². The van der Waals surface area contributed by atoms with E-state index in [1.807, 2.05) is 0 Å². The molecule has 0 aliphatic heterocycles. The molecule has 0 fully saturated rings. The van der Waals surface area contributed by atoms with Crippen molar-refractivity contribution < 1.29 is 25.2 Å². The molecule has 0 radical (unpaired) electrons. The normalized spacial score (nSPS) is 19.8. The molecule has 0 aromatic heterocycles. The molecular weight excluding hydrogens is 188 g/mol. The third kappa shape index (κ3) is 6.04. The van der Waals surface area contributed by atoms with Crippen molar-refractivity contribution in [3.8, 4) is 0 Å². The lowest BCUT2D eigenvalue weighted by Gasteiger charge is -2.20. The van der Waals surface area contributed by atoms with Gasteiger partial charge in [-0.05, 0) is 6.92 Å². The zero-order valence-corrected chi connectivity index (χ0v) is 8.21. The topological polar surface area (TPSA) is 98.0 Å². The molecule has 84 valence electrons. The zero-order chi connectivity index (χ0) is 11.1. The van der Waals surface area contributed by atoms with Crippen molar-refractivity contribution in [1.29, 1.82) is 0 Å². The van der Waals surface area contributed by atoms with Gasteiger partial charge in [-0.15, -0.1) is 0 Å². The Morgan fingerprint density at radius 1 is 1.07 bits per heavy atom. The Bertz CT molecular complexity index is 159. The summed E-state index contributed by atoms with van der Waals surface area (Å²) in [4.78, 5) is 10.0. The van der Waals surface area contributed by atoms with Crippen molar-refractivity contribution in [3.63, 3.8) is 0 Å². The fourth-order valence-electron chi connectivity index (χ4n) is 1.15. The highest BCUT2D eigenvalue weighted by Crippen LogP contribution is 2.09. The lowest BCUT2D eigenvalue weighted by Crippen LogP contribution is -2.32. The fraction of sp³-hybridized carbons (Fsp3) is 0.889. The lowest BCUT2D eigenvalue weighted by atomic mass is 10.0. The van der Waals surface area contributed by atoms with Crippen LogP contribution in [0.5, 0.6) is 0 Å². The molecule has 5 heteroatoms. The smallest absolute Gasteiger partial charge is 0.122 e. The largest absolute Gasteiger partial charge is 0.393 e. The number of carbonyl (C=O) groups excluding carboxylic acids is 1. The molecule has 0 rings (SSSR count). The third-order valence-electron chi connectivity index (χ3n) is 1.91. The summed E-state index contributed by atoms with van der Waals surface area (Å²) >= 11 is 0. The van der Waals surface area contributed by atoms with E-state index >= 15 is 0 Å². The standard InChI is InChI=1S/C9H18O5/c1-6(11)4-8(13)9(14)5-7(12)2-3-10/h3,6-9,11-14H,2,4-5H2,1H3. The summed E-state index contributed by atoms with van der Waals surface area (Å²) in [6.07, 6.45) is -3.34. The molecule has 0 aromatic carbocycles. The third-order valence-corrected chi connectivity index (χ3v) is 1.91. The van der Waals surface area contributed by atoms with Crippen molar-refractivity contribution in [2.45, 2.75) is 50.6 Å². The van der Waals surface area contributed by atoms with Crippen LogP contribution in [0.15, 0.2) is 0 Å². The number of hydrogen-bond acceptors (Lipinski definition) is 5. The van der Waals surface area contributed by atoms with Crippen LogP contribution < -0.4 is 0 Å². The predicted molar refractivity (Wildman–Crippen MR) is 49.6 cm³/mol. The summed E-state index contributed by atoms with van der Waals surface area (Å²) in [5.41, 5.74) is 0. The van der Waals surface area contributed by atoms with Crippen LogP contribution in [0.4, 0.5) is 0 Å². The maximum Gasteiger partial charge on any atom is 0.122 e. The number of hydrogen-bond donors (Lipinski definition) is 4. The number of rotatable bonds is 7. The lowest BCUT2D eigenvalue weighted by molar-refractivity contribution is -0.110. The maximum absolute atomic E-state index is 10.0. The fourth-order valence-corrected chi connectivity index (χ4v) is 1.15. The molecule has 0 saturated carbocycles. The molecule has 4 atom stereocenters. The Labute approximate surface area is 83.0 Å². The van der Waals surface area contributed by atoms with Crippen molar-refractivity contribution in [3.05, 3.63) is 0 Å². The highest BCUT2D eigenvalue weighted by atomic mass is 16.3. The molecule has 0 saturated heterocycles. The van der Waals surface area contributed by atoms with Crippen molar-refractivity contribution >= 4 is 6.29 Å². The van der Waals surface area contributed by atoms with Crippen LogP contribution in [0, 0.1) is 0 Å². The first-order valence-corrected chi connectivity index (χ1v) is 4.63. The van der Waals surface area contributed by atoms with Crippen LogP contribution in [0.1, 0.15) is 26.2 Å². The van der Waals surface area contributed by atoms with Crippen LogP contribution in [0.3, 0.4) is 0 Å². The molecule has 4 unspecified atom stereocenters. The van der Waals surface area contributed by atoms with Gasteiger partial charge in [0.05, 0.1) is 24.4 Å². The first-order chi connectivity index (χ1) is 6.47. The van der Waals surface area contributed by atoms with E-state index < -0.39 is 24.4 Å². The number of aldehydes is 1. The second kappa shape index (κ2) is 6.89. The van der Waals surface area contributed by atoms with Crippen LogP contribution in [0.25, 0.3) is 0 Å². The monoisotopic (exact) mass is 206 g/mol. The molecule has 4 N–H and O–H groups in total. The Balaban J connectivity index is 3.81. The average molecular weight is 206 g/mol. The molecular formula is C9H18O5. The Hall–Kier alpha value is -0.490. The van der Waals surface area contributed by atoms with Gasteiger partial charge in [0.1, 0.15) is 6.29 Å². The highest BCUT2D eigenvalue weighted by Gasteiger charge is 2.21. The van der Waals surface area contributed by atoms with Gasteiger partial charge in [0.25, 0.3) is 0 Å². The van der Waals surface area contributed by atoms with E-state index in [0.29, 0.717) is 6.29 Å². The Kier molecular flexibility index (Phi) is 6.65.